The maximum Gasteiger partial charge on any atom is 0.0132 e. The van der Waals surface area contributed by atoms with Gasteiger partial charge >= 0.3 is 0 Å². The minimum absolute atomic E-state index is 0.665. The van der Waals surface area contributed by atoms with Crippen molar-refractivity contribution in [2.24, 2.45) is 11.8 Å². The highest BCUT2D eigenvalue weighted by Gasteiger charge is 2.39. The van der Waals surface area contributed by atoms with Crippen LogP contribution in [0.1, 0.15) is 44.2 Å². The Balaban J connectivity index is 1.63. The van der Waals surface area contributed by atoms with Crippen LogP contribution in [0.5, 0.6) is 0 Å². The van der Waals surface area contributed by atoms with Crippen molar-refractivity contribution in [2.45, 2.75) is 58.0 Å². The number of hydrogen-bond acceptors (Lipinski definition) is 2. The van der Waals surface area contributed by atoms with Crippen LogP contribution in [-0.4, -0.2) is 23.6 Å². The van der Waals surface area contributed by atoms with E-state index in [-0.39, 0.29) is 0 Å². The van der Waals surface area contributed by atoms with Gasteiger partial charge in [-0.2, -0.15) is 11.8 Å². The van der Waals surface area contributed by atoms with Gasteiger partial charge in [-0.05, 0) is 73.5 Å². The molecule has 1 fully saturated rings. The molecule has 3 atom stereocenters. The van der Waals surface area contributed by atoms with Crippen LogP contribution in [0.2, 0.25) is 0 Å². The lowest BCUT2D eigenvalue weighted by Gasteiger charge is -2.27. The van der Waals surface area contributed by atoms with Crippen molar-refractivity contribution in [3.8, 4) is 0 Å². The molecular formula is C19H29NS. The van der Waals surface area contributed by atoms with Crippen LogP contribution < -0.4 is 5.32 Å². The van der Waals surface area contributed by atoms with Gasteiger partial charge in [0.1, 0.15) is 0 Å². The predicted octanol–water partition coefficient (Wildman–Crippen LogP) is 4.30. The summed E-state index contributed by atoms with van der Waals surface area (Å²) in [6.45, 7) is 4.64. The highest BCUT2D eigenvalue weighted by molar-refractivity contribution is 7.99. The number of nitrogens with one attached hydrogen (secondary N) is 1. The van der Waals surface area contributed by atoms with Crippen LogP contribution in [-0.2, 0) is 12.8 Å². The van der Waals surface area contributed by atoms with Gasteiger partial charge in [0, 0.05) is 12.1 Å². The topological polar surface area (TPSA) is 12.0 Å². The van der Waals surface area contributed by atoms with E-state index in [1.54, 1.807) is 11.1 Å². The Morgan fingerprint density at radius 3 is 2.33 bits per heavy atom. The fraction of sp³-hybridized carbons (Fsp3) is 0.684. The van der Waals surface area contributed by atoms with Gasteiger partial charge < -0.3 is 5.32 Å². The van der Waals surface area contributed by atoms with Crippen LogP contribution >= 0.6 is 11.8 Å². The van der Waals surface area contributed by atoms with Crippen LogP contribution in [0.4, 0.5) is 0 Å². The summed E-state index contributed by atoms with van der Waals surface area (Å²) in [7, 11) is 0. The summed E-state index contributed by atoms with van der Waals surface area (Å²) < 4.78 is 0. The lowest BCUT2D eigenvalue weighted by Crippen LogP contribution is -2.43. The van der Waals surface area contributed by atoms with E-state index < -0.39 is 0 Å². The van der Waals surface area contributed by atoms with Crippen LogP contribution in [0.25, 0.3) is 0 Å². The Labute approximate surface area is 134 Å². The SMILES string of the molecule is CCSCCC(C)NC1C2CCC1Cc1ccccc1C2. The summed E-state index contributed by atoms with van der Waals surface area (Å²) in [4.78, 5) is 0. The fourth-order valence-electron chi connectivity index (χ4n) is 4.24. The number of thioether (sulfide) groups is 1. The molecule has 0 aromatic heterocycles. The Hall–Kier alpha value is -0.470. The molecule has 1 nitrogen and oxygen atoms in total. The quantitative estimate of drug-likeness (QED) is 0.786. The van der Waals surface area contributed by atoms with E-state index in [4.69, 9.17) is 0 Å². The first-order valence-electron chi connectivity index (χ1n) is 8.68. The fourth-order valence-corrected chi connectivity index (χ4v) is 5.05. The molecule has 1 saturated carbocycles. The van der Waals surface area contributed by atoms with E-state index in [1.165, 1.54) is 43.6 Å². The van der Waals surface area contributed by atoms with Crippen molar-refractivity contribution in [1.82, 2.24) is 5.32 Å². The van der Waals surface area contributed by atoms with Crippen LogP contribution in [0.3, 0.4) is 0 Å². The first-order valence-corrected chi connectivity index (χ1v) is 9.84. The molecule has 0 saturated heterocycles. The van der Waals surface area contributed by atoms with Gasteiger partial charge in [-0.3, -0.25) is 0 Å². The summed E-state index contributed by atoms with van der Waals surface area (Å²) in [6, 6.07) is 10.6. The Bertz CT molecular complexity index is 426. The van der Waals surface area contributed by atoms with Gasteiger partial charge in [-0.1, -0.05) is 31.2 Å². The maximum absolute atomic E-state index is 4.00. The minimum atomic E-state index is 0.665. The van der Waals surface area contributed by atoms with Gasteiger partial charge in [-0.15, -0.1) is 0 Å². The summed E-state index contributed by atoms with van der Waals surface area (Å²) >= 11 is 2.07. The molecule has 0 aliphatic heterocycles. The van der Waals surface area contributed by atoms with Gasteiger partial charge in [-0.25, -0.2) is 0 Å². The molecule has 0 spiro atoms. The third-order valence-corrected chi connectivity index (χ3v) is 6.32. The van der Waals surface area contributed by atoms with Gasteiger partial charge in [0.15, 0.2) is 0 Å². The molecule has 3 unspecified atom stereocenters. The zero-order valence-electron chi connectivity index (χ0n) is 13.5. The van der Waals surface area contributed by atoms with Crippen molar-refractivity contribution in [3.05, 3.63) is 35.4 Å². The minimum Gasteiger partial charge on any atom is -0.311 e. The molecule has 1 N–H and O–H groups in total. The molecule has 1 aromatic carbocycles. The molecule has 2 aliphatic carbocycles. The molecule has 0 heterocycles. The average molecular weight is 304 g/mol. The molecule has 3 rings (SSSR count). The summed E-state index contributed by atoms with van der Waals surface area (Å²) in [5.41, 5.74) is 3.23. The van der Waals surface area contributed by atoms with Gasteiger partial charge in [0.2, 0.25) is 0 Å². The van der Waals surface area contributed by atoms with Crippen molar-refractivity contribution >= 4 is 11.8 Å². The molecular weight excluding hydrogens is 274 g/mol. The van der Waals surface area contributed by atoms with Gasteiger partial charge in [0.05, 0.1) is 0 Å². The Morgan fingerprint density at radius 2 is 1.76 bits per heavy atom. The molecule has 2 aliphatic rings. The third kappa shape index (κ3) is 3.65. The lowest BCUT2D eigenvalue weighted by atomic mass is 9.94. The lowest BCUT2D eigenvalue weighted by molar-refractivity contribution is 0.310. The average Bonchev–Trinajstić information content (AvgIpc) is 2.74. The van der Waals surface area contributed by atoms with E-state index in [9.17, 15) is 0 Å². The third-order valence-electron chi connectivity index (χ3n) is 5.38. The standard InChI is InChI=1S/C19H29NS/c1-3-21-11-10-14(2)20-19-17-8-9-18(19)13-16-7-5-4-6-15(16)12-17/h4-7,14,17-20H,3,8-13H2,1-2H3. The zero-order valence-corrected chi connectivity index (χ0v) is 14.3. The largest absolute Gasteiger partial charge is 0.311 e. The maximum atomic E-state index is 4.00. The summed E-state index contributed by atoms with van der Waals surface area (Å²) in [5.74, 6) is 4.27. The first kappa shape index (κ1) is 15.4. The van der Waals surface area contributed by atoms with Gasteiger partial charge in [0.25, 0.3) is 0 Å². The smallest absolute Gasteiger partial charge is 0.0132 e. The second-order valence-electron chi connectivity index (χ2n) is 6.85. The second kappa shape index (κ2) is 7.19. The predicted molar refractivity (Wildman–Crippen MR) is 94.1 cm³/mol. The molecule has 2 bridgehead atoms. The van der Waals surface area contributed by atoms with E-state index in [1.807, 2.05) is 0 Å². The Morgan fingerprint density at radius 1 is 1.14 bits per heavy atom. The van der Waals surface area contributed by atoms with Crippen LogP contribution in [0, 0.1) is 11.8 Å². The van der Waals surface area contributed by atoms with E-state index in [0.717, 1.165) is 17.9 Å². The van der Waals surface area contributed by atoms with Crippen LogP contribution in [0.15, 0.2) is 24.3 Å². The van der Waals surface area contributed by atoms with E-state index >= 15 is 0 Å². The highest BCUT2D eigenvalue weighted by Crippen LogP contribution is 2.40. The number of hydrogen-bond donors (Lipinski definition) is 1. The highest BCUT2D eigenvalue weighted by atomic mass is 32.2. The first-order chi connectivity index (χ1) is 10.3. The Kier molecular flexibility index (Phi) is 5.29. The summed E-state index contributed by atoms with van der Waals surface area (Å²) in [6.07, 6.45) is 6.74. The summed E-state index contributed by atoms with van der Waals surface area (Å²) in [5, 5.41) is 4.00. The molecule has 1 aromatic rings. The molecule has 116 valence electrons. The van der Waals surface area contributed by atoms with E-state index in [0.29, 0.717) is 6.04 Å². The van der Waals surface area contributed by atoms with Crippen molar-refractivity contribution in [3.63, 3.8) is 0 Å². The number of benzene rings is 1. The van der Waals surface area contributed by atoms with E-state index in [2.05, 4.69) is 55.2 Å². The second-order valence-corrected chi connectivity index (χ2v) is 8.25. The molecule has 2 heteroatoms. The monoisotopic (exact) mass is 303 g/mol. The number of rotatable bonds is 6. The normalized spacial score (nSPS) is 29.0. The number of fused-ring (bicyclic) bond motifs is 3. The van der Waals surface area contributed by atoms with Crippen molar-refractivity contribution < 1.29 is 0 Å². The molecule has 0 amide bonds. The zero-order chi connectivity index (χ0) is 14.7. The van der Waals surface area contributed by atoms with Crippen molar-refractivity contribution in [1.29, 1.82) is 0 Å². The van der Waals surface area contributed by atoms with Crippen molar-refractivity contribution in [2.75, 3.05) is 11.5 Å². The molecule has 21 heavy (non-hydrogen) atoms. The molecule has 0 radical (unpaired) electrons.